The van der Waals surface area contributed by atoms with E-state index in [9.17, 15) is 0 Å². The van der Waals surface area contributed by atoms with Crippen molar-refractivity contribution in [2.75, 3.05) is 19.6 Å². The van der Waals surface area contributed by atoms with Gasteiger partial charge in [0.25, 0.3) is 0 Å². The van der Waals surface area contributed by atoms with Crippen molar-refractivity contribution in [1.29, 1.82) is 0 Å². The highest BCUT2D eigenvalue weighted by Gasteiger charge is 2.14. The van der Waals surface area contributed by atoms with Crippen LogP contribution in [0, 0.1) is 5.41 Å². The van der Waals surface area contributed by atoms with Gasteiger partial charge in [0.15, 0.2) is 0 Å². The zero-order valence-electron chi connectivity index (χ0n) is 12.7. The van der Waals surface area contributed by atoms with E-state index in [0.29, 0.717) is 0 Å². The minimum absolute atomic E-state index is 0.290. The second-order valence-corrected chi connectivity index (χ2v) is 6.02. The van der Waals surface area contributed by atoms with E-state index in [1.807, 2.05) is 12.3 Å². The molecule has 0 aliphatic rings. The minimum atomic E-state index is 0.290. The molecule has 0 saturated carbocycles. The molecule has 0 spiro atoms. The van der Waals surface area contributed by atoms with Crippen molar-refractivity contribution in [2.45, 2.75) is 46.6 Å². The van der Waals surface area contributed by atoms with Crippen LogP contribution in [0.5, 0.6) is 0 Å². The molecule has 19 heavy (non-hydrogen) atoms. The molecule has 0 fully saturated rings. The second-order valence-electron chi connectivity index (χ2n) is 6.02. The molecule has 108 valence electrons. The van der Waals surface area contributed by atoms with Gasteiger partial charge in [-0.25, -0.2) is 0 Å². The Labute approximate surface area is 118 Å². The number of pyridine rings is 1. The molecule has 3 nitrogen and oxygen atoms in total. The predicted molar refractivity (Wildman–Crippen MR) is 81.9 cm³/mol. The fourth-order valence-electron chi connectivity index (χ4n) is 2.11. The third-order valence-electron chi connectivity index (χ3n) is 3.69. The maximum Gasteiger partial charge on any atom is 0.0543 e. The van der Waals surface area contributed by atoms with Gasteiger partial charge in [0.1, 0.15) is 0 Å². The summed E-state index contributed by atoms with van der Waals surface area (Å²) in [4.78, 5) is 6.85. The van der Waals surface area contributed by atoms with E-state index < -0.39 is 0 Å². The molecule has 0 radical (unpaired) electrons. The van der Waals surface area contributed by atoms with Gasteiger partial charge in [0, 0.05) is 12.7 Å². The molecule has 0 aliphatic heterocycles. The summed E-state index contributed by atoms with van der Waals surface area (Å²) in [5, 5.41) is 0. The first kappa shape index (κ1) is 16.1. The SMILES string of the molecule is CCN(CCCCC(C)(C)CN)Cc1ccccn1. The first-order valence-corrected chi connectivity index (χ1v) is 7.40. The number of hydrogen-bond donors (Lipinski definition) is 1. The Bertz CT molecular complexity index is 335. The molecular weight excluding hydrogens is 234 g/mol. The van der Waals surface area contributed by atoms with Crippen molar-refractivity contribution >= 4 is 0 Å². The molecule has 2 N–H and O–H groups in total. The van der Waals surface area contributed by atoms with Gasteiger partial charge in [0.2, 0.25) is 0 Å². The Hall–Kier alpha value is -0.930. The van der Waals surface area contributed by atoms with Crippen molar-refractivity contribution in [3.63, 3.8) is 0 Å². The van der Waals surface area contributed by atoms with Gasteiger partial charge in [-0.3, -0.25) is 9.88 Å². The van der Waals surface area contributed by atoms with Crippen LogP contribution in [0.25, 0.3) is 0 Å². The summed E-state index contributed by atoms with van der Waals surface area (Å²) < 4.78 is 0. The van der Waals surface area contributed by atoms with E-state index >= 15 is 0 Å². The van der Waals surface area contributed by atoms with E-state index in [1.165, 1.54) is 19.3 Å². The van der Waals surface area contributed by atoms with E-state index in [0.717, 1.165) is 31.9 Å². The summed E-state index contributed by atoms with van der Waals surface area (Å²) in [5.41, 5.74) is 7.21. The monoisotopic (exact) mass is 263 g/mol. The maximum absolute atomic E-state index is 5.76. The molecule has 1 aromatic rings. The Kier molecular flexibility index (Phi) is 7.03. The van der Waals surface area contributed by atoms with Crippen molar-refractivity contribution in [3.05, 3.63) is 30.1 Å². The summed E-state index contributed by atoms with van der Waals surface area (Å²) in [7, 11) is 0. The first-order chi connectivity index (χ1) is 9.07. The standard InChI is InChI=1S/C16H29N3/c1-4-19(13-15-9-5-7-11-18-15)12-8-6-10-16(2,3)14-17/h5,7,9,11H,4,6,8,10,12-14,17H2,1-3H3. The van der Waals surface area contributed by atoms with Crippen molar-refractivity contribution in [1.82, 2.24) is 9.88 Å². The molecule has 0 saturated heterocycles. The highest BCUT2D eigenvalue weighted by Crippen LogP contribution is 2.21. The lowest BCUT2D eigenvalue weighted by Crippen LogP contribution is -2.26. The van der Waals surface area contributed by atoms with Gasteiger partial charge in [0.05, 0.1) is 5.69 Å². The van der Waals surface area contributed by atoms with Gasteiger partial charge in [-0.2, -0.15) is 0 Å². The number of nitrogens with two attached hydrogens (primary N) is 1. The number of unbranched alkanes of at least 4 members (excludes halogenated alkanes) is 1. The predicted octanol–water partition coefficient (Wildman–Crippen LogP) is 3.06. The Morgan fingerprint density at radius 3 is 2.63 bits per heavy atom. The van der Waals surface area contributed by atoms with Crippen molar-refractivity contribution in [3.8, 4) is 0 Å². The molecule has 1 aromatic heterocycles. The van der Waals surface area contributed by atoms with Gasteiger partial charge >= 0.3 is 0 Å². The molecule has 0 atom stereocenters. The average molecular weight is 263 g/mol. The van der Waals surface area contributed by atoms with Crippen LogP contribution in [0.15, 0.2) is 24.4 Å². The van der Waals surface area contributed by atoms with Crippen molar-refractivity contribution < 1.29 is 0 Å². The van der Waals surface area contributed by atoms with Crippen LogP contribution in [-0.2, 0) is 6.54 Å². The number of aromatic nitrogens is 1. The quantitative estimate of drug-likeness (QED) is 0.696. The summed E-state index contributed by atoms with van der Waals surface area (Å²) in [6, 6.07) is 6.12. The smallest absolute Gasteiger partial charge is 0.0543 e. The van der Waals surface area contributed by atoms with Gasteiger partial charge in [-0.15, -0.1) is 0 Å². The average Bonchev–Trinajstić information content (AvgIpc) is 2.43. The van der Waals surface area contributed by atoms with E-state index in [1.54, 1.807) is 0 Å². The highest BCUT2D eigenvalue weighted by atomic mass is 15.1. The summed E-state index contributed by atoms with van der Waals surface area (Å²) >= 11 is 0. The van der Waals surface area contributed by atoms with Crippen LogP contribution in [0.3, 0.4) is 0 Å². The third-order valence-corrected chi connectivity index (χ3v) is 3.69. The van der Waals surface area contributed by atoms with Gasteiger partial charge < -0.3 is 5.73 Å². The molecule has 0 bridgehead atoms. The Morgan fingerprint density at radius 2 is 2.05 bits per heavy atom. The molecule has 0 unspecified atom stereocenters. The van der Waals surface area contributed by atoms with Crippen LogP contribution in [0.4, 0.5) is 0 Å². The van der Waals surface area contributed by atoms with Crippen LogP contribution in [-0.4, -0.2) is 29.5 Å². The first-order valence-electron chi connectivity index (χ1n) is 7.40. The van der Waals surface area contributed by atoms with Crippen molar-refractivity contribution in [2.24, 2.45) is 11.1 Å². The number of rotatable bonds is 9. The van der Waals surface area contributed by atoms with Crippen LogP contribution in [0.1, 0.15) is 45.7 Å². The lowest BCUT2D eigenvalue weighted by molar-refractivity contribution is 0.257. The summed E-state index contributed by atoms with van der Waals surface area (Å²) in [6.45, 7) is 10.7. The Morgan fingerprint density at radius 1 is 1.26 bits per heavy atom. The molecule has 1 heterocycles. The second kappa shape index (κ2) is 8.28. The molecule has 0 amide bonds. The lowest BCUT2D eigenvalue weighted by Gasteiger charge is -2.24. The molecule has 0 aliphatic carbocycles. The molecular formula is C16H29N3. The van der Waals surface area contributed by atoms with Crippen LogP contribution >= 0.6 is 0 Å². The fraction of sp³-hybridized carbons (Fsp3) is 0.688. The summed E-state index contributed by atoms with van der Waals surface area (Å²) in [6.07, 6.45) is 5.57. The molecule has 3 heteroatoms. The van der Waals surface area contributed by atoms with Gasteiger partial charge in [-0.05, 0) is 50.0 Å². The van der Waals surface area contributed by atoms with E-state index in [2.05, 4.69) is 42.8 Å². The lowest BCUT2D eigenvalue weighted by atomic mass is 9.87. The largest absolute Gasteiger partial charge is 0.330 e. The highest BCUT2D eigenvalue weighted by molar-refractivity contribution is 5.03. The summed E-state index contributed by atoms with van der Waals surface area (Å²) in [5.74, 6) is 0. The minimum Gasteiger partial charge on any atom is -0.330 e. The normalized spacial score (nSPS) is 12.1. The van der Waals surface area contributed by atoms with Gasteiger partial charge in [-0.1, -0.05) is 33.3 Å². The molecule has 1 rings (SSSR count). The topological polar surface area (TPSA) is 42.1 Å². The Balaban J connectivity index is 2.26. The van der Waals surface area contributed by atoms with E-state index in [-0.39, 0.29) is 5.41 Å². The zero-order valence-corrected chi connectivity index (χ0v) is 12.7. The van der Waals surface area contributed by atoms with Crippen LogP contribution in [0.2, 0.25) is 0 Å². The fourth-order valence-corrected chi connectivity index (χ4v) is 2.11. The zero-order chi connectivity index (χ0) is 14.1. The van der Waals surface area contributed by atoms with E-state index in [4.69, 9.17) is 5.73 Å². The number of hydrogen-bond acceptors (Lipinski definition) is 3. The maximum atomic E-state index is 5.76. The van der Waals surface area contributed by atoms with Crippen LogP contribution < -0.4 is 5.73 Å². The third kappa shape index (κ3) is 6.69. The molecule has 0 aromatic carbocycles. The number of nitrogens with zero attached hydrogens (tertiary/aromatic N) is 2.